The van der Waals surface area contributed by atoms with Gasteiger partial charge >= 0.3 is 0 Å². The molecule has 3 aromatic carbocycles. The van der Waals surface area contributed by atoms with Gasteiger partial charge in [-0.2, -0.15) is 0 Å². The van der Waals surface area contributed by atoms with Crippen LogP contribution in [0.3, 0.4) is 0 Å². The minimum Gasteiger partial charge on any atom is -0.322 e. The number of aryl methyl sites for hydroxylation is 3. The number of nitrogens with one attached hydrogen (secondary N) is 2. The predicted octanol–water partition coefficient (Wildman–Crippen LogP) is 4.66. The first kappa shape index (κ1) is 19.6. The highest BCUT2D eigenvalue weighted by Gasteiger charge is 2.16. The summed E-state index contributed by atoms with van der Waals surface area (Å²) in [6.07, 6.45) is 0. The Hall–Kier alpha value is -3.12. The van der Waals surface area contributed by atoms with Crippen molar-refractivity contribution >= 4 is 27.3 Å². The van der Waals surface area contributed by atoms with Crippen molar-refractivity contribution in [3.63, 3.8) is 0 Å². The maximum atomic E-state index is 12.6. The van der Waals surface area contributed by atoms with Gasteiger partial charge in [0.1, 0.15) is 0 Å². The summed E-state index contributed by atoms with van der Waals surface area (Å²) in [6, 6.07) is 18.8. The monoisotopic (exact) mass is 394 g/mol. The maximum Gasteiger partial charge on any atom is 0.261 e. The lowest BCUT2D eigenvalue weighted by Gasteiger charge is -2.12. The number of rotatable bonds is 5. The number of anilines is 2. The highest BCUT2D eigenvalue weighted by Crippen LogP contribution is 2.21. The fourth-order valence-electron chi connectivity index (χ4n) is 2.91. The summed E-state index contributed by atoms with van der Waals surface area (Å²) in [5.41, 5.74) is 4.54. The minimum atomic E-state index is -3.73. The summed E-state index contributed by atoms with van der Waals surface area (Å²) in [4.78, 5) is 12.6. The van der Waals surface area contributed by atoms with Crippen LogP contribution in [0.4, 0.5) is 11.4 Å². The quantitative estimate of drug-likeness (QED) is 0.661. The van der Waals surface area contributed by atoms with Gasteiger partial charge in [0, 0.05) is 16.9 Å². The van der Waals surface area contributed by atoms with Crippen LogP contribution in [0, 0.1) is 20.8 Å². The van der Waals surface area contributed by atoms with Crippen LogP contribution in [0.1, 0.15) is 27.0 Å². The number of carbonyl (C=O) groups is 1. The van der Waals surface area contributed by atoms with Gasteiger partial charge in [-0.3, -0.25) is 9.52 Å². The fourth-order valence-corrected chi connectivity index (χ4v) is 3.95. The van der Waals surface area contributed by atoms with Gasteiger partial charge in [0.2, 0.25) is 0 Å². The second-order valence-corrected chi connectivity index (χ2v) is 8.40. The Morgan fingerprint density at radius 3 is 2.04 bits per heavy atom. The zero-order valence-electron chi connectivity index (χ0n) is 16.0. The summed E-state index contributed by atoms with van der Waals surface area (Å²) in [6.45, 7) is 5.74. The van der Waals surface area contributed by atoms with Crippen molar-refractivity contribution in [2.45, 2.75) is 25.7 Å². The molecular weight excluding hydrogens is 372 g/mol. The molecule has 0 saturated carbocycles. The van der Waals surface area contributed by atoms with E-state index in [1.807, 2.05) is 45.0 Å². The van der Waals surface area contributed by atoms with Crippen molar-refractivity contribution in [3.8, 4) is 0 Å². The van der Waals surface area contributed by atoms with Crippen molar-refractivity contribution in [1.29, 1.82) is 0 Å². The zero-order valence-corrected chi connectivity index (χ0v) is 16.8. The molecule has 0 saturated heterocycles. The lowest BCUT2D eigenvalue weighted by Crippen LogP contribution is -2.15. The molecule has 0 aliphatic heterocycles. The second kappa shape index (κ2) is 7.86. The fraction of sp³-hybridized carbons (Fsp3) is 0.136. The van der Waals surface area contributed by atoms with Crippen molar-refractivity contribution < 1.29 is 13.2 Å². The highest BCUT2D eigenvalue weighted by atomic mass is 32.2. The standard InChI is InChI=1S/C22H22N2O3S/c1-15-6-4-9-19(14-15)24-28(26,27)20-12-10-18(11-13-20)22(25)23-21-16(2)7-5-8-17(21)3/h4-14,24H,1-3H3,(H,23,25). The molecule has 1 amide bonds. The van der Waals surface area contributed by atoms with E-state index in [0.29, 0.717) is 11.3 Å². The first-order valence-corrected chi connectivity index (χ1v) is 10.3. The van der Waals surface area contributed by atoms with Crippen LogP contribution in [-0.4, -0.2) is 14.3 Å². The van der Waals surface area contributed by atoms with Gasteiger partial charge in [-0.15, -0.1) is 0 Å². The van der Waals surface area contributed by atoms with E-state index in [1.54, 1.807) is 18.2 Å². The lowest BCUT2D eigenvalue weighted by molar-refractivity contribution is 0.102. The molecule has 0 aliphatic rings. The van der Waals surface area contributed by atoms with E-state index in [1.165, 1.54) is 24.3 Å². The van der Waals surface area contributed by atoms with E-state index < -0.39 is 10.0 Å². The highest BCUT2D eigenvalue weighted by molar-refractivity contribution is 7.92. The van der Waals surface area contributed by atoms with E-state index in [-0.39, 0.29) is 10.8 Å². The number of hydrogen-bond acceptors (Lipinski definition) is 3. The van der Waals surface area contributed by atoms with Crippen LogP contribution in [0.5, 0.6) is 0 Å². The molecule has 0 bridgehead atoms. The van der Waals surface area contributed by atoms with Gasteiger partial charge < -0.3 is 5.32 Å². The SMILES string of the molecule is Cc1cccc(NS(=O)(=O)c2ccc(C(=O)Nc3c(C)cccc3C)cc2)c1. The average molecular weight is 394 g/mol. The van der Waals surface area contributed by atoms with E-state index >= 15 is 0 Å². The molecule has 0 aromatic heterocycles. The first-order valence-electron chi connectivity index (χ1n) is 8.83. The number of sulfonamides is 1. The normalized spacial score (nSPS) is 11.1. The van der Waals surface area contributed by atoms with Gasteiger partial charge in [-0.1, -0.05) is 30.3 Å². The number of para-hydroxylation sites is 1. The summed E-state index contributed by atoms with van der Waals surface area (Å²) in [5.74, 6) is -0.284. The third kappa shape index (κ3) is 4.40. The molecule has 0 aliphatic carbocycles. The van der Waals surface area contributed by atoms with Crippen LogP contribution in [-0.2, 0) is 10.0 Å². The van der Waals surface area contributed by atoms with Crippen LogP contribution < -0.4 is 10.0 Å². The van der Waals surface area contributed by atoms with E-state index in [9.17, 15) is 13.2 Å². The van der Waals surface area contributed by atoms with Gasteiger partial charge in [-0.05, 0) is 73.9 Å². The summed E-state index contributed by atoms with van der Waals surface area (Å²) in [7, 11) is -3.73. The Kier molecular flexibility index (Phi) is 5.51. The molecule has 0 unspecified atom stereocenters. The largest absolute Gasteiger partial charge is 0.322 e. The first-order chi connectivity index (χ1) is 13.3. The molecule has 28 heavy (non-hydrogen) atoms. The van der Waals surface area contributed by atoms with E-state index in [0.717, 1.165) is 22.4 Å². The number of amides is 1. The van der Waals surface area contributed by atoms with E-state index in [4.69, 9.17) is 0 Å². The van der Waals surface area contributed by atoms with Gasteiger partial charge in [-0.25, -0.2) is 8.42 Å². The molecular formula is C22H22N2O3S. The minimum absolute atomic E-state index is 0.0950. The Labute approximate surface area is 165 Å². The Bertz CT molecular complexity index is 1100. The Balaban J connectivity index is 1.78. The zero-order chi connectivity index (χ0) is 20.3. The number of hydrogen-bond donors (Lipinski definition) is 2. The van der Waals surface area contributed by atoms with Crippen LogP contribution in [0.2, 0.25) is 0 Å². The molecule has 0 radical (unpaired) electrons. The molecule has 2 N–H and O–H groups in total. The van der Waals surface area contributed by atoms with Crippen molar-refractivity contribution in [2.24, 2.45) is 0 Å². The molecule has 6 heteroatoms. The predicted molar refractivity (Wildman–Crippen MR) is 112 cm³/mol. The number of benzene rings is 3. The van der Waals surface area contributed by atoms with Gasteiger partial charge in [0.25, 0.3) is 15.9 Å². The van der Waals surface area contributed by atoms with Crippen LogP contribution in [0.25, 0.3) is 0 Å². The lowest BCUT2D eigenvalue weighted by atomic mass is 10.1. The van der Waals surface area contributed by atoms with Crippen LogP contribution >= 0.6 is 0 Å². The van der Waals surface area contributed by atoms with Crippen molar-refractivity contribution in [3.05, 3.63) is 89.0 Å². The Morgan fingerprint density at radius 2 is 1.43 bits per heavy atom. The molecule has 3 aromatic rings. The third-order valence-corrected chi connectivity index (χ3v) is 5.81. The molecule has 144 valence electrons. The third-order valence-electron chi connectivity index (χ3n) is 4.42. The maximum absolute atomic E-state index is 12.6. The number of carbonyl (C=O) groups excluding carboxylic acids is 1. The molecule has 0 heterocycles. The summed E-state index contributed by atoms with van der Waals surface area (Å²) >= 11 is 0. The van der Waals surface area contributed by atoms with Crippen LogP contribution in [0.15, 0.2) is 71.6 Å². The molecule has 0 atom stereocenters. The van der Waals surface area contributed by atoms with Crippen molar-refractivity contribution in [2.75, 3.05) is 10.0 Å². The van der Waals surface area contributed by atoms with Gasteiger partial charge in [0.05, 0.1) is 4.90 Å². The van der Waals surface area contributed by atoms with Gasteiger partial charge in [0.15, 0.2) is 0 Å². The van der Waals surface area contributed by atoms with E-state index in [2.05, 4.69) is 10.0 Å². The topological polar surface area (TPSA) is 75.3 Å². The second-order valence-electron chi connectivity index (χ2n) is 6.72. The molecule has 3 rings (SSSR count). The smallest absolute Gasteiger partial charge is 0.261 e. The summed E-state index contributed by atoms with van der Waals surface area (Å²) in [5, 5.41) is 2.90. The Morgan fingerprint density at radius 1 is 0.821 bits per heavy atom. The van der Waals surface area contributed by atoms with Crippen molar-refractivity contribution in [1.82, 2.24) is 0 Å². The average Bonchev–Trinajstić information content (AvgIpc) is 2.64. The summed E-state index contributed by atoms with van der Waals surface area (Å²) < 4.78 is 27.7. The molecule has 5 nitrogen and oxygen atoms in total. The molecule has 0 spiro atoms. The molecule has 0 fully saturated rings.